The van der Waals surface area contributed by atoms with Crippen LogP contribution in [0.15, 0.2) is 35.1 Å². The zero-order valence-electron chi connectivity index (χ0n) is 13.0. The van der Waals surface area contributed by atoms with E-state index < -0.39 is 0 Å². The van der Waals surface area contributed by atoms with Crippen LogP contribution < -0.4 is 10.9 Å². The number of aromatic nitrogens is 4. The number of aryl methyl sites for hydroxylation is 1. The smallest absolute Gasteiger partial charge is 0.251 e. The van der Waals surface area contributed by atoms with Crippen LogP contribution in [0.4, 0.5) is 0 Å². The molecule has 0 saturated carbocycles. The van der Waals surface area contributed by atoms with Crippen molar-refractivity contribution >= 4 is 10.9 Å². The fraction of sp³-hybridized carbons (Fsp3) is 0.353. The molecule has 0 bridgehead atoms. The van der Waals surface area contributed by atoms with E-state index in [-0.39, 0.29) is 5.56 Å². The topological polar surface area (TPSA) is 75.6 Å². The second-order valence-electron chi connectivity index (χ2n) is 6.05. The summed E-state index contributed by atoms with van der Waals surface area (Å²) < 4.78 is 1.82. The number of nitrogens with one attached hydrogen (secondary N) is 2. The number of H-pyrrole nitrogens is 1. The van der Waals surface area contributed by atoms with Crippen LogP contribution in [0.2, 0.25) is 0 Å². The number of fused-ring (bicyclic) bond motifs is 1. The summed E-state index contributed by atoms with van der Waals surface area (Å²) in [6, 6.07) is 9.59. The molecule has 0 radical (unpaired) electrons. The summed E-state index contributed by atoms with van der Waals surface area (Å²) in [5, 5.41) is 8.93. The highest BCUT2D eigenvalue weighted by Crippen LogP contribution is 2.26. The van der Waals surface area contributed by atoms with Crippen LogP contribution in [0.25, 0.3) is 22.4 Å². The zero-order valence-corrected chi connectivity index (χ0v) is 13.0. The third-order valence-electron chi connectivity index (χ3n) is 4.46. The van der Waals surface area contributed by atoms with Gasteiger partial charge in [-0.15, -0.1) is 0 Å². The molecule has 1 atom stereocenters. The second kappa shape index (κ2) is 5.62. The van der Waals surface area contributed by atoms with Crippen molar-refractivity contribution in [1.82, 2.24) is 25.1 Å². The lowest BCUT2D eigenvalue weighted by Crippen LogP contribution is -2.29. The van der Waals surface area contributed by atoms with Crippen LogP contribution in [0, 0.1) is 0 Å². The van der Waals surface area contributed by atoms with Crippen LogP contribution in [0.5, 0.6) is 0 Å². The van der Waals surface area contributed by atoms with E-state index in [1.807, 2.05) is 36.0 Å². The van der Waals surface area contributed by atoms with Crippen molar-refractivity contribution in [3.8, 4) is 11.5 Å². The molecule has 0 spiro atoms. The van der Waals surface area contributed by atoms with Crippen LogP contribution in [-0.4, -0.2) is 32.8 Å². The van der Waals surface area contributed by atoms with Gasteiger partial charge in [0.25, 0.3) is 5.56 Å². The normalized spacial score (nSPS) is 18.4. The summed E-state index contributed by atoms with van der Waals surface area (Å²) in [4.78, 5) is 19.7. The van der Waals surface area contributed by atoms with Crippen molar-refractivity contribution in [2.75, 3.05) is 13.1 Å². The van der Waals surface area contributed by atoms with Crippen molar-refractivity contribution in [3.63, 3.8) is 0 Å². The molecule has 1 aliphatic heterocycles. The maximum absolute atomic E-state index is 12.1. The van der Waals surface area contributed by atoms with E-state index in [0.717, 1.165) is 48.2 Å². The minimum Gasteiger partial charge on any atom is -0.316 e. The Morgan fingerprint density at radius 3 is 3.00 bits per heavy atom. The Morgan fingerprint density at radius 1 is 1.30 bits per heavy atom. The SMILES string of the molecule is Cn1nc(-c2nc(C3CCCNC3)cc(=O)[nH]2)c2ccccc21. The van der Waals surface area contributed by atoms with Gasteiger partial charge in [-0.2, -0.15) is 5.10 Å². The van der Waals surface area contributed by atoms with Crippen molar-refractivity contribution in [2.45, 2.75) is 18.8 Å². The fourth-order valence-corrected chi connectivity index (χ4v) is 3.29. The lowest BCUT2D eigenvalue weighted by Gasteiger charge is -2.22. The number of nitrogens with zero attached hydrogens (tertiary/aromatic N) is 3. The van der Waals surface area contributed by atoms with Gasteiger partial charge in [-0.05, 0) is 25.5 Å². The summed E-state index contributed by atoms with van der Waals surface area (Å²) in [7, 11) is 1.90. The monoisotopic (exact) mass is 309 g/mol. The average molecular weight is 309 g/mol. The molecule has 3 heterocycles. The first kappa shape index (κ1) is 14.1. The van der Waals surface area contributed by atoms with Gasteiger partial charge in [-0.25, -0.2) is 4.98 Å². The van der Waals surface area contributed by atoms with Gasteiger partial charge in [-0.3, -0.25) is 9.48 Å². The van der Waals surface area contributed by atoms with E-state index in [1.165, 1.54) is 0 Å². The molecule has 6 nitrogen and oxygen atoms in total. The highest BCUT2D eigenvalue weighted by Gasteiger charge is 2.19. The van der Waals surface area contributed by atoms with E-state index in [4.69, 9.17) is 4.98 Å². The number of aromatic amines is 1. The molecule has 118 valence electrons. The third kappa shape index (κ3) is 2.55. The average Bonchev–Trinajstić information content (AvgIpc) is 2.93. The third-order valence-corrected chi connectivity index (χ3v) is 4.46. The van der Waals surface area contributed by atoms with Gasteiger partial charge in [0.1, 0.15) is 5.69 Å². The highest BCUT2D eigenvalue weighted by atomic mass is 16.1. The summed E-state index contributed by atoms with van der Waals surface area (Å²) in [5.41, 5.74) is 2.48. The number of piperidine rings is 1. The maximum Gasteiger partial charge on any atom is 0.251 e. The quantitative estimate of drug-likeness (QED) is 0.757. The van der Waals surface area contributed by atoms with Gasteiger partial charge in [0, 0.05) is 31.0 Å². The van der Waals surface area contributed by atoms with Crippen molar-refractivity contribution in [3.05, 3.63) is 46.4 Å². The van der Waals surface area contributed by atoms with E-state index in [2.05, 4.69) is 15.4 Å². The maximum atomic E-state index is 12.1. The molecule has 0 amide bonds. The van der Waals surface area contributed by atoms with Gasteiger partial charge in [0.05, 0.1) is 11.2 Å². The van der Waals surface area contributed by atoms with Gasteiger partial charge >= 0.3 is 0 Å². The van der Waals surface area contributed by atoms with Crippen molar-refractivity contribution in [2.24, 2.45) is 7.05 Å². The van der Waals surface area contributed by atoms with Crippen LogP contribution in [0.1, 0.15) is 24.5 Å². The molecule has 1 aliphatic rings. The molecule has 6 heteroatoms. The van der Waals surface area contributed by atoms with Gasteiger partial charge in [0.2, 0.25) is 0 Å². The van der Waals surface area contributed by atoms with Gasteiger partial charge in [-0.1, -0.05) is 18.2 Å². The first-order chi connectivity index (χ1) is 11.2. The summed E-state index contributed by atoms with van der Waals surface area (Å²) in [5.74, 6) is 0.842. The molecule has 23 heavy (non-hydrogen) atoms. The Hall–Kier alpha value is -2.47. The molecular formula is C17H19N5O. The minimum atomic E-state index is -0.120. The highest BCUT2D eigenvalue weighted by molar-refractivity contribution is 5.91. The molecule has 1 unspecified atom stereocenters. The largest absolute Gasteiger partial charge is 0.316 e. The van der Waals surface area contributed by atoms with E-state index in [9.17, 15) is 4.79 Å². The summed E-state index contributed by atoms with van der Waals surface area (Å²) >= 11 is 0. The predicted molar refractivity (Wildman–Crippen MR) is 89.4 cm³/mol. The van der Waals surface area contributed by atoms with Crippen LogP contribution in [0.3, 0.4) is 0 Å². The first-order valence-corrected chi connectivity index (χ1v) is 7.96. The molecule has 1 aromatic carbocycles. The summed E-state index contributed by atoms with van der Waals surface area (Å²) in [6.45, 7) is 1.91. The van der Waals surface area contributed by atoms with E-state index >= 15 is 0 Å². The number of hydrogen-bond acceptors (Lipinski definition) is 4. The molecule has 0 aliphatic carbocycles. The fourth-order valence-electron chi connectivity index (χ4n) is 3.29. The number of hydrogen-bond donors (Lipinski definition) is 2. The van der Waals surface area contributed by atoms with Crippen molar-refractivity contribution in [1.29, 1.82) is 0 Å². The van der Waals surface area contributed by atoms with Gasteiger partial charge < -0.3 is 10.3 Å². The molecule has 3 aromatic rings. The standard InChI is InChI=1S/C17H19N5O/c1-22-14-7-3-2-6-12(14)16(21-22)17-19-13(9-15(23)20-17)11-5-4-8-18-10-11/h2-3,6-7,9,11,18H,4-5,8,10H2,1H3,(H,19,20,23). The zero-order chi connectivity index (χ0) is 15.8. The Labute approximate surface area is 133 Å². The molecular weight excluding hydrogens is 290 g/mol. The number of benzene rings is 1. The van der Waals surface area contributed by atoms with Gasteiger partial charge in [0.15, 0.2) is 5.82 Å². The first-order valence-electron chi connectivity index (χ1n) is 7.96. The molecule has 2 N–H and O–H groups in total. The van der Waals surface area contributed by atoms with E-state index in [0.29, 0.717) is 11.7 Å². The Morgan fingerprint density at radius 2 is 2.17 bits per heavy atom. The van der Waals surface area contributed by atoms with Crippen molar-refractivity contribution < 1.29 is 0 Å². The molecule has 2 aromatic heterocycles. The Kier molecular flexibility index (Phi) is 3.46. The predicted octanol–water partition coefficient (Wildman–Crippen LogP) is 1.79. The second-order valence-corrected chi connectivity index (χ2v) is 6.05. The summed E-state index contributed by atoms with van der Waals surface area (Å²) in [6.07, 6.45) is 2.17. The van der Waals surface area contributed by atoms with Crippen LogP contribution in [-0.2, 0) is 7.05 Å². The Balaban J connectivity index is 1.84. The molecule has 1 fully saturated rings. The minimum absolute atomic E-state index is 0.120. The lowest BCUT2D eigenvalue weighted by molar-refractivity contribution is 0.454. The number of rotatable bonds is 2. The molecule has 4 rings (SSSR count). The van der Waals surface area contributed by atoms with E-state index in [1.54, 1.807) is 6.07 Å². The molecule has 1 saturated heterocycles. The van der Waals surface area contributed by atoms with Crippen LogP contribution >= 0.6 is 0 Å². The lowest BCUT2D eigenvalue weighted by atomic mass is 9.96. The Bertz CT molecular complexity index is 905. The number of para-hydroxylation sites is 1.